The normalized spacial score (nSPS) is 16.7. The minimum absolute atomic E-state index is 0.206. The Kier molecular flexibility index (Phi) is 4.58. The molecule has 0 amide bonds. The fraction of sp³-hybridized carbons (Fsp3) is 0.294. The third kappa shape index (κ3) is 3.28. The molecule has 1 aliphatic heterocycles. The quantitative estimate of drug-likeness (QED) is 0.926. The molecule has 1 atom stereocenters. The number of fused-ring (bicyclic) bond motifs is 1. The van der Waals surface area contributed by atoms with Gasteiger partial charge in [-0.3, -0.25) is 4.90 Å². The minimum Gasteiger partial charge on any atom is -0.492 e. The zero-order chi connectivity index (χ0) is 14.7. The first kappa shape index (κ1) is 14.6. The lowest BCUT2D eigenvalue weighted by Gasteiger charge is -2.29. The maximum atomic E-state index is 6.06. The largest absolute Gasteiger partial charge is 0.492 e. The van der Waals surface area contributed by atoms with Gasteiger partial charge in [-0.15, -0.1) is 0 Å². The number of para-hydroxylation sites is 1. The Balaban J connectivity index is 1.88. The van der Waals surface area contributed by atoms with Gasteiger partial charge in [-0.25, -0.2) is 0 Å². The number of nitrogens with two attached hydrogens (primary N) is 1. The maximum absolute atomic E-state index is 6.06. The number of benzene rings is 2. The Bertz CT molecular complexity index is 617. The van der Waals surface area contributed by atoms with Crippen molar-refractivity contribution in [2.75, 3.05) is 19.7 Å². The molecule has 4 heteroatoms. The van der Waals surface area contributed by atoms with Crippen LogP contribution < -0.4 is 10.5 Å². The summed E-state index contributed by atoms with van der Waals surface area (Å²) in [5.74, 6) is 0.991. The van der Waals surface area contributed by atoms with Crippen molar-refractivity contribution in [2.24, 2.45) is 5.73 Å². The third-order valence-electron chi connectivity index (χ3n) is 3.88. The van der Waals surface area contributed by atoms with E-state index in [1.165, 1.54) is 11.1 Å². The summed E-state index contributed by atoms with van der Waals surface area (Å²) in [5, 5.41) is 0. The summed E-state index contributed by atoms with van der Waals surface area (Å²) in [6.07, 6.45) is 0. The lowest BCUT2D eigenvalue weighted by Crippen LogP contribution is -2.35. The number of ether oxygens (including phenoxy) is 1. The number of halogens is 1. The molecule has 0 bridgehead atoms. The number of nitrogens with zero attached hydrogens (tertiary/aromatic N) is 1. The Labute approximate surface area is 133 Å². The van der Waals surface area contributed by atoms with Crippen molar-refractivity contribution in [1.82, 2.24) is 4.90 Å². The molecule has 0 saturated carbocycles. The van der Waals surface area contributed by atoms with Crippen LogP contribution in [-0.4, -0.2) is 24.6 Å². The summed E-state index contributed by atoms with van der Waals surface area (Å²) in [4.78, 5) is 2.40. The predicted octanol–water partition coefficient (Wildman–Crippen LogP) is 3.34. The number of hydrogen-bond donors (Lipinski definition) is 1. The zero-order valence-electron chi connectivity index (χ0n) is 11.8. The fourth-order valence-corrected chi connectivity index (χ4v) is 3.24. The second-order valence-electron chi connectivity index (χ2n) is 5.23. The second kappa shape index (κ2) is 6.60. The van der Waals surface area contributed by atoms with Crippen LogP contribution in [-0.2, 0) is 6.54 Å². The van der Waals surface area contributed by atoms with Crippen molar-refractivity contribution in [2.45, 2.75) is 12.6 Å². The van der Waals surface area contributed by atoms with E-state index in [1.807, 2.05) is 18.2 Å². The average Bonchev–Trinajstić information content (AvgIpc) is 2.70. The number of rotatable bonds is 3. The standard InChI is InChI=1S/C17H19BrN2O/c18-15-6-3-5-13(10-15)16(11-19)20-8-9-21-17-7-2-1-4-14(17)12-20/h1-7,10,16H,8-9,11-12,19H2. The molecule has 0 radical (unpaired) electrons. The van der Waals surface area contributed by atoms with Gasteiger partial charge in [0.2, 0.25) is 0 Å². The van der Waals surface area contributed by atoms with Gasteiger partial charge in [-0.1, -0.05) is 46.3 Å². The van der Waals surface area contributed by atoms with Crippen molar-refractivity contribution in [3.05, 3.63) is 64.1 Å². The second-order valence-corrected chi connectivity index (χ2v) is 6.15. The van der Waals surface area contributed by atoms with Crippen LogP contribution in [0.5, 0.6) is 5.75 Å². The van der Waals surface area contributed by atoms with Gasteiger partial charge in [-0.2, -0.15) is 0 Å². The van der Waals surface area contributed by atoms with E-state index in [0.717, 1.165) is 23.3 Å². The van der Waals surface area contributed by atoms with Gasteiger partial charge in [0, 0.05) is 35.7 Å². The van der Waals surface area contributed by atoms with Crippen LogP contribution in [0.2, 0.25) is 0 Å². The smallest absolute Gasteiger partial charge is 0.123 e. The highest BCUT2D eigenvalue weighted by Crippen LogP contribution is 2.29. The molecule has 1 heterocycles. The molecule has 1 aliphatic rings. The van der Waals surface area contributed by atoms with E-state index < -0.39 is 0 Å². The van der Waals surface area contributed by atoms with Crippen LogP contribution in [0.15, 0.2) is 53.0 Å². The van der Waals surface area contributed by atoms with Crippen molar-refractivity contribution in [3.8, 4) is 5.75 Å². The molecular formula is C17H19BrN2O. The summed E-state index contributed by atoms with van der Waals surface area (Å²) in [6.45, 7) is 3.04. The molecule has 1 unspecified atom stereocenters. The highest BCUT2D eigenvalue weighted by Gasteiger charge is 2.23. The fourth-order valence-electron chi connectivity index (χ4n) is 2.82. The number of hydrogen-bond acceptors (Lipinski definition) is 3. The molecule has 3 rings (SSSR count). The van der Waals surface area contributed by atoms with E-state index in [9.17, 15) is 0 Å². The molecule has 0 aliphatic carbocycles. The van der Waals surface area contributed by atoms with Crippen LogP contribution in [0.4, 0.5) is 0 Å². The van der Waals surface area contributed by atoms with E-state index in [1.54, 1.807) is 0 Å². The summed E-state index contributed by atoms with van der Waals surface area (Å²) in [6, 6.07) is 16.8. The Morgan fingerprint density at radius 2 is 2.05 bits per heavy atom. The molecule has 0 saturated heterocycles. The lowest BCUT2D eigenvalue weighted by atomic mass is 10.0. The molecule has 21 heavy (non-hydrogen) atoms. The van der Waals surface area contributed by atoms with Crippen LogP contribution in [0.3, 0.4) is 0 Å². The van der Waals surface area contributed by atoms with Crippen molar-refractivity contribution in [3.63, 3.8) is 0 Å². The molecule has 0 spiro atoms. The zero-order valence-corrected chi connectivity index (χ0v) is 13.4. The maximum Gasteiger partial charge on any atom is 0.123 e. The van der Waals surface area contributed by atoms with Gasteiger partial charge >= 0.3 is 0 Å². The van der Waals surface area contributed by atoms with Crippen molar-refractivity contribution < 1.29 is 4.74 Å². The summed E-state index contributed by atoms with van der Waals surface area (Å²) >= 11 is 3.54. The lowest BCUT2D eigenvalue weighted by molar-refractivity contribution is 0.173. The van der Waals surface area contributed by atoms with E-state index in [0.29, 0.717) is 13.2 Å². The molecule has 0 fully saturated rings. The summed E-state index contributed by atoms with van der Waals surface area (Å²) in [7, 11) is 0. The van der Waals surface area contributed by atoms with E-state index in [-0.39, 0.29) is 6.04 Å². The van der Waals surface area contributed by atoms with Crippen LogP contribution in [0.1, 0.15) is 17.2 Å². The van der Waals surface area contributed by atoms with Crippen molar-refractivity contribution >= 4 is 15.9 Å². The summed E-state index contributed by atoms with van der Waals surface area (Å²) in [5.41, 5.74) is 8.53. The van der Waals surface area contributed by atoms with Crippen molar-refractivity contribution in [1.29, 1.82) is 0 Å². The molecule has 110 valence electrons. The average molecular weight is 347 g/mol. The molecule has 3 nitrogen and oxygen atoms in total. The SMILES string of the molecule is NCC(c1cccc(Br)c1)N1CCOc2ccccc2C1. The Hall–Kier alpha value is -1.36. The van der Waals surface area contributed by atoms with Gasteiger partial charge in [0.15, 0.2) is 0 Å². The van der Waals surface area contributed by atoms with Gasteiger partial charge < -0.3 is 10.5 Å². The summed E-state index contributed by atoms with van der Waals surface area (Å²) < 4.78 is 6.93. The molecule has 2 N–H and O–H groups in total. The topological polar surface area (TPSA) is 38.5 Å². The monoisotopic (exact) mass is 346 g/mol. The van der Waals surface area contributed by atoms with E-state index in [2.05, 4.69) is 51.2 Å². The highest BCUT2D eigenvalue weighted by molar-refractivity contribution is 9.10. The van der Waals surface area contributed by atoms with Gasteiger partial charge in [-0.05, 0) is 23.8 Å². The van der Waals surface area contributed by atoms with E-state index >= 15 is 0 Å². The first-order chi connectivity index (χ1) is 10.3. The van der Waals surface area contributed by atoms with Crippen LogP contribution in [0, 0.1) is 0 Å². The van der Waals surface area contributed by atoms with Gasteiger partial charge in [0.05, 0.1) is 0 Å². The first-order valence-electron chi connectivity index (χ1n) is 7.18. The van der Waals surface area contributed by atoms with Gasteiger partial charge in [0.25, 0.3) is 0 Å². The third-order valence-corrected chi connectivity index (χ3v) is 4.37. The Morgan fingerprint density at radius 3 is 2.86 bits per heavy atom. The van der Waals surface area contributed by atoms with Gasteiger partial charge in [0.1, 0.15) is 12.4 Å². The molecule has 2 aromatic carbocycles. The minimum atomic E-state index is 0.206. The van der Waals surface area contributed by atoms with Crippen LogP contribution in [0.25, 0.3) is 0 Å². The highest BCUT2D eigenvalue weighted by atomic mass is 79.9. The Morgan fingerprint density at radius 1 is 1.19 bits per heavy atom. The molecule has 2 aromatic rings. The van der Waals surface area contributed by atoms with E-state index in [4.69, 9.17) is 10.5 Å². The first-order valence-corrected chi connectivity index (χ1v) is 7.97. The molecule has 0 aromatic heterocycles. The molecular weight excluding hydrogens is 328 g/mol. The van der Waals surface area contributed by atoms with Crippen LogP contribution >= 0.6 is 15.9 Å². The predicted molar refractivity (Wildman–Crippen MR) is 88.3 cm³/mol.